The van der Waals surface area contributed by atoms with E-state index in [1.807, 2.05) is 12.1 Å². The number of fused-ring (bicyclic) bond motifs is 1. The van der Waals surface area contributed by atoms with Gasteiger partial charge in [0.2, 0.25) is 0 Å². The standard InChI is InChI=1S/C17H17F2NO/c1-11-2-5-17-13(6-11)8-14(21-17)10-20-9-12-3-4-15(18)16(19)7-12/h2-7,14,20H,8-10H2,1H3. The van der Waals surface area contributed by atoms with Crippen molar-refractivity contribution in [2.45, 2.75) is 26.0 Å². The van der Waals surface area contributed by atoms with Crippen LogP contribution in [0.3, 0.4) is 0 Å². The third kappa shape index (κ3) is 3.22. The van der Waals surface area contributed by atoms with Gasteiger partial charge in [-0.2, -0.15) is 0 Å². The van der Waals surface area contributed by atoms with E-state index in [0.717, 1.165) is 23.8 Å². The first kappa shape index (κ1) is 14.0. The minimum Gasteiger partial charge on any atom is -0.488 e. The maximum atomic E-state index is 13.1. The summed E-state index contributed by atoms with van der Waals surface area (Å²) in [6.07, 6.45) is 0.967. The number of nitrogens with one attached hydrogen (secondary N) is 1. The maximum Gasteiger partial charge on any atom is 0.159 e. The molecule has 1 heterocycles. The third-order valence-electron chi connectivity index (χ3n) is 3.64. The second-order valence-corrected chi connectivity index (χ2v) is 5.43. The van der Waals surface area contributed by atoms with Gasteiger partial charge in [-0.05, 0) is 36.2 Å². The molecular formula is C17H17F2NO. The van der Waals surface area contributed by atoms with Crippen molar-refractivity contribution < 1.29 is 13.5 Å². The molecule has 0 bridgehead atoms. The van der Waals surface area contributed by atoms with Gasteiger partial charge in [-0.25, -0.2) is 8.78 Å². The minimum absolute atomic E-state index is 0.0899. The Morgan fingerprint density at radius 1 is 1.14 bits per heavy atom. The summed E-state index contributed by atoms with van der Waals surface area (Å²) in [5.74, 6) is -0.682. The van der Waals surface area contributed by atoms with E-state index in [4.69, 9.17) is 4.74 Å². The fraction of sp³-hybridized carbons (Fsp3) is 0.294. The number of benzene rings is 2. The molecule has 1 aliphatic heterocycles. The molecule has 0 aliphatic carbocycles. The predicted molar refractivity (Wildman–Crippen MR) is 77.4 cm³/mol. The van der Waals surface area contributed by atoms with Gasteiger partial charge in [-0.15, -0.1) is 0 Å². The first-order valence-corrected chi connectivity index (χ1v) is 7.02. The summed E-state index contributed by atoms with van der Waals surface area (Å²) < 4.78 is 31.8. The van der Waals surface area contributed by atoms with Gasteiger partial charge in [0, 0.05) is 19.5 Å². The zero-order valence-electron chi connectivity index (χ0n) is 11.8. The highest BCUT2D eigenvalue weighted by Gasteiger charge is 2.22. The van der Waals surface area contributed by atoms with Gasteiger partial charge in [0.05, 0.1) is 0 Å². The van der Waals surface area contributed by atoms with Crippen molar-refractivity contribution in [3.8, 4) is 5.75 Å². The quantitative estimate of drug-likeness (QED) is 0.932. The maximum absolute atomic E-state index is 13.1. The van der Waals surface area contributed by atoms with E-state index >= 15 is 0 Å². The molecule has 2 aromatic carbocycles. The zero-order valence-corrected chi connectivity index (χ0v) is 11.8. The molecule has 0 saturated heterocycles. The van der Waals surface area contributed by atoms with Crippen molar-refractivity contribution in [1.82, 2.24) is 5.32 Å². The number of hydrogen-bond donors (Lipinski definition) is 1. The van der Waals surface area contributed by atoms with Gasteiger partial charge < -0.3 is 10.1 Å². The van der Waals surface area contributed by atoms with Crippen LogP contribution in [0, 0.1) is 18.6 Å². The average Bonchev–Trinajstić information content (AvgIpc) is 2.84. The highest BCUT2D eigenvalue weighted by atomic mass is 19.2. The lowest BCUT2D eigenvalue weighted by molar-refractivity contribution is 0.227. The Kier molecular flexibility index (Phi) is 3.88. The van der Waals surface area contributed by atoms with Crippen LogP contribution < -0.4 is 10.1 Å². The van der Waals surface area contributed by atoms with Crippen LogP contribution in [-0.4, -0.2) is 12.6 Å². The lowest BCUT2D eigenvalue weighted by Crippen LogP contribution is -2.29. The summed E-state index contributed by atoms with van der Waals surface area (Å²) in [6, 6.07) is 10.1. The van der Waals surface area contributed by atoms with Crippen LogP contribution in [0.2, 0.25) is 0 Å². The van der Waals surface area contributed by atoms with Gasteiger partial charge in [0.25, 0.3) is 0 Å². The molecule has 110 valence electrons. The lowest BCUT2D eigenvalue weighted by Gasteiger charge is -2.12. The van der Waals surface area contributed by atoms with Gasteiger partial charge in [-0.1, -0.05) is 23.8 Å². The lowest BCUT2D eigenvalue weighted by atomic mass is 10.1. The number of halogens is 2. The van der Waals surface area contributed by atoms with E-state index in [-0.39, 0.29) is 6.10 Å². The van der Waals surface area contributed by atoms with Crippen molar-refractivity contribution in [3.05, 3.63) is 64.7 Å². The van der Waals surface area contributed by atoms with Crippen LogP contribution in [0.4, 0.5) is 8.78 Å². The molecule has 0 spiro atoms. The topological polar surface area (TPSA) is 21.3 Å². The monoisotopic (exact) mass is 289 g/mol. The summed E-state index contributed by atoms with van der Waals surface area (Å²) in [4.78, 5) is 0. The second-order valence-electron chi connectivity index (χ2n) is 5.43. The van der Waals surface area contributed by atoms with E-state index in [2.05, 4.69) is 18.3 Å². The Morgan fingerprint density at radius 2 is 2.00 bits per heavy atom. The van der Waals surface area contributed by atoms with Crippen molar-refractivity contribution in [2.24, 2.45) is 0 Å². The normalized spacial score (nSPS) is 16.6. The smallest absolute Gasteiger partial charge is 0.159 e. The molecule has 0 aromatic heterocycles. The van der Waals surface area contributed by atoms with E-state index < -0.39 is 11.6 Å². The first-order valence-electron chi connectivity index (χ1n) is 7.02. The van der Waals surface area contributed by atoms with Gasteiger partial charge in [-0.3, -0.25) is 0 Å². The van der Waals surface area contributed by atoms with Crippen molar-refractivity contribution >= 4 is 0 Å². The average molecular weight is 289 g/mol. The summed E-state index contributed by atoms with van der Waals surface area (Å²) in [6.45, 7) is 3.23. The molecule has 1 N–H and O–H groups in total. The number of aryl methyl sites for hydroxylation is 1. The van der Waals surface area contributed by atoms with Crippen molar-refractivity contribution in [1.29, 1.82) is 0 Å². The molecular weight excluding hydrogens is 272 g/mol. The molecule has 1 aliphatic rings. The number of rotatable bonds is 4. The van der Waals surface area contributed by atoms with Crippen LogP contribution in [0.5, 0.6) is 5.75 Å². The first-order chi connectivity index (χ1) is 10.1. The summed E-state index contributed by atoms with van der Waals surface area (Å²) >= 11 is 0. The summed E-state index contributed by atoms with van der Waals surface area (Å²) in [5, 5.41) is 3.23. The molecule has 21 heavy (non-hydrogen) atoms. The molecule has 2 aromatic rings. The molecule has 2 nitrogen and oxygen atoms in total. The van der Waals surface area contributed by atoms with Crippen molar-refractivity contribution in [3.63, 3.8) is 0 Å². The largest absolute Gasteiger partial charge is 0.488 e. The molecule has 4 heteroatoms. The molecule has 1 unspecified atom stereocenters. The second kappa shape index (κ2) is 5.82. The van der Waals surface area contributed by atoms with Gasteiger partial charge in [0.1, 0.15) is 11.9 Å². The molecule has 0 amide bonds. The summed E-state index contributed by atoms with van der Waals surface area (Å²) in [7, 11) is 0. The minimum atomic E-state index is -0.816. The Balaban J connectivity index is 1.52. The Hall–Kier alpha value is -1.94. The zero-order chi connectivity index (χ0) is 14.8. The van der Waals surface area contributed by atoms with Crippen LogP contribution in [-0.2, 0) is 13.0 Å². The SMILES string of the molecule is Cc1ccc2c(c1)CC(CNCc1ccc(F)c(F)c1)O2. The molecule has 0 radical (unpaired) electrons. The van der Waals surface area contributed by atoms with Crippen LogP contribution in [0.1, 0.15) is 16.7 Å². The molecule has 0 saturated carbocycles. The van der Waals surface area contributed by atoms with Crippen LogP contribution in [0.25, 0.3) is 0 Å². The predicted octanol–water partition coefficient (Wildman–Crippen LogP) is 3.37. The summed E-state index contributed by atoms with van der Waals surface area (Å²) in [5.41, 5.74) is 3.18. The van der Waals surface area contributed by atoms with E-state index in [9.17, 15) is 8.78 Å². The fourth-order valence-corrected chi connectivity index (χ4v) is 2.59. The molecule has 1 atom stereocenters. The van der Waals surface area contributed by atoms with Crippen LogP contribution >= 0.6 is 0 Å². The van der Waals surface area contributed by atoms with E-state index in [1.54, 1.807) is 6.07 Å². The van der Waals surface area contributed by atoms with Gasteiger partial charge >= 0.3 is 0 Å². The molecule has 0 fully saturated rings. The van der Waals surface area contributed by atoms with Gasteiger partial charge in [0.15, 0.2) is 11.6 Å². The Bertz CT molecular complexity index is 657. The number of hydrogen-bond acceptors (Lipinski definition) is 2. The van der Waals surface area contributed by atoms with E-state index in [1.165, 1.54) is 17.2 Å². The van der Waals surface area contributed by atoms with Crippen molar-refractivity contribution in [2.75, 3.05) is 6.54 Å². The molecule has 3 rings (SSSR count). The van der Waals surface area contributed by atoms with Crippen LogP contribution in [0.15, 0.2) is 36.4 Å². The van der Waals surface area contributed by atoms with E-state index in [0.29, 0.717) is 13.1 Å². The Morgan fingerprint density at radius 3 is 2.81 bits per heavy atom. The number of ether oxygens (including phenoxy) is 1. The fourth-order valence-electron chi connectivity index (χ4n) is 2.59. The highest BCUT2D eigenvalue weighted by molar-refractivity contribution is 5.40. The highest BCUT2D eigenvalue weighted by Crippen LogP contribution is 2.29. The Labute approximate surface area is 122 Å². The third-order valence-corrected chi connectivity index (χ3v) is 3.64.